The van der Waals surface area contributed by atoms with Crippen LogP contribution in [0.5, 0.6) is 0 Å². The molecule has 5 nitrogen and oxygen atoms in total. The normalized spacial score (nSPS) is 11.7. The number of imidazole rings is 1. The molecule has 12 rings (SSSR count). The van der Waals surface area contributed by atoms with E-state index in [-0.39, 0.29) is 0 Å². The number of hydrogen-bond donors (Lipinski definition) is 0. The zero-order valence-electron chi connectivity index (χ0n) is 32.4. The highest BCUT2D eigenvalue weighted by molar-refractivity contribution is 6.09. The van der Waals surface area contributed by atoms with E-state index in [1.54, 1.807) is 0 Å². The summed E-state index contributed by atoms with van der Waals surface area (Å²) in [5.41, 5.74) is 13.3. The van der Waals surface area contributed by atoms with Crippen LogP contribution >= 0.6 is 0 Å². The number of aromatic nitrogens is 5. The smallest absolute Gasteiger partial charge is 0.164 e. The lowest BCUT2D eigenvalue weighted by molar-refractivity contribution is 1.08. The molecule has 9 aromatic carbocycles. The van der Waals surface area contributed by atoms with Crippen LogP contribution < -0.4 is 0 Å². The molecule has 0 unspecified atom stereocenters. The molecule has 0 saturated carbocycles. The van der Waals surface area contributed by atoms with Crippen molar-refractivity contribution in [3.8, 4) is 62.1 Å². The monoisotopic (exact) mass is 765 g/mol. The van der Waals surface area contributed by atoms with Crippen LogP contribution in [0.2, 0.25) is 0 Å². The molecular weight excluding hydrogens is 731 g/mol. The Balaban J connectivity index is 0.941. The van der Waals surface area contributed by atoms with Gasteiger partial charge in [0.25, 0.3) is 0 Å². The molecule has 0 aliphatic carbocycles. The average Bonchev–Trinajstić information content (AvgIpc) is 3.84. The van der Waals surface area contributed by atoms with Gasteiger partial charge in [-0.2, -0.15) is 0 Å². The molecule has 0 radical (unpaired) electrons. The van der Waals surface area contributed by atoms with Gasteiger partial charge in [-0.3, -0.25) is 8.97 Å². The van der Waals surface area contributed by atoms with Gasteiger partial charge in [0.1, 0.15) is 5.65 Å². The third kappa shape index (κ3) is 5.59. The Bertz CT molecular complexity index is 3480. The van der Waals surface area contributed by atoms with E-state index in [1.165, 1.54) is 38.3 Å². The van der Waals surface area contributed by atoms with Gasteiger partial charge in [-0.25, -0.2) is 15.0 Å². The van der Waals surface area contributed by atoms with Gasteiger partial charge in [0.2, 0.25) is 0 Å². The summed E-state index contributed by atoms with van der Waals surface area (Å²) < 4.78 is 4.82. The Kier molecular flexibility index (Phi) is 7.78. The largest absolute Gasteiger partial charge is 0.293 e. The Labute approximate surface area is 346 Å². The fourth-order valence-electron chi connectivity index (χ4n) is 8.82. The summed E-state index contributed by atoms with van der Waals surface area (Å²) in [6.07, 6.45) is 0. The summed E-state index contributed by atoms with van der Waals surface area (Å²) in [6, 6.07) is 75.2. The quantitative estimate of drug-likeness (QED) is 0.169. The lowest BCUT2D eigenvalue weighted by Gasteiger charge is -2.11. The van der Waals surface area contributed by atoms with Gasteiger partial charge in [0.05, 0.1) is 16.6 Å². The summed E-state index contributed by atoms with van der Waals surface area (Å²) in [4.78, 5) is 15.2. The van der Waals surface area contributed by atoms with Crippen molar-refractivity contribution < 1.29 is 0 Å². The van der Waals surface area contributed by atoms with Crippen molar-refractivity contribution in [2.75, 3.05) is 0 Å². The number of benzene rings is 9. The number of nitrogens with zero attached hydrogens (tertiary/aromatic N) is 5. The summed E-state index contributed by atoms with van der Waals surface area (Å²) in [7, 11) is 0. The van der Waals surface area contributed by atoms with E-state index in [1.807, 2.05) is 0 Å². The molecule has 0 N–H and O–H groups in total. The standard InChI is InChI=1S/C55H35N5/c1-2-14-40(15-3-1)51-47-18-8-9-19-48(47)60-50-21-11-10-20-49(50)59(55(51)60)46-32-30-39(31-33-46)38-22-26-41(27-23-38)52-56-53(44-28-24-36-12-4-6-16-42(36)34-44)58-54(57-52)45-29-25-37-13-5-7-17-43(37)35-45/h1-35H. The second-order valence-electron chi connectivity index (χ2n) is 15.3. The lowest BCUT2D eigenvalue weighted by Crippen LogP contribution is -2.00. The van der Waals surface area contributed by atoms with Crippen LogP contribution in [0.1, 0.15) is 0 Å². The molecule has 3 heterocycles. The number of fused-ring (bicyclic) bond motifs is 7. The van der Waals surface area contributed by atoms with Gasteiger partial charge < -0.3 is 0 Å². The van der Waals surface area contributed by atoms with Crippen LogP contribution in [0.4, 0.5) is 0 Å². The first kappa shape index (κ1) is 33.9. The highest BCUT2D eigenvalue weighted by atomic mass is 15.1. The molecule has 0 aliphatic rings. The molecule has 0 spiro atoms. The molecule has 0 atom stereocenters. The Morgan fingerprint density at radius 2 is 0.750 bits per heavy atom. The molecule has 0 bridgehead atoms. The maximum Gasteiger partial charge on any atom is 0.164 e. The highest BCUT2D eigenvalue weighted by Gasteiger charge is 2.22. The third-order valence-electron chi connectivity index (χ3n) is 11.7. The van der Waals surface area contributed by atoms with Gasteiger partial charge in [-0.05, 0) is 80.7 Å². The molecule has 5 heteroatoms. The van der Waals surface area contributed by atoms with Crippen molar-refractivity contribution >= 4 is 49.1 Å². The summed E-state index contributed by atoms with van der Waals surface area (Å²) in [5, 5.41) is 5.89. The first-order valence-corrected chi connectivity index (χ1v) is 20.3. The molecule has 0 aliphatic heterocycles. The van der Waals surface area contributed by atoms with E-state index in [0.717, 1.165) is 55.4 Å². The van der Waals surface area contributed by atoms with Crippen molar-refractivity contribution in [1.29, 1.82) is 0 Å². The second kappa shape index (κ2) is 13.8. The molecule has 0 amide bonds. The van der Waals surface area contributed by atoms with Crippen LogP contribution in [0, 0.1) is 0 Å². The topological polar surface area (TPSA) is 48.0 Å². The SMILES string of the molecule is c1ccc(-c2c3ccccc3n3c4ccccc4n(-c4ccc(-c5ccc(-c6nc(-c7ccc8ccccc8c7)nc(-c7ccc8ccccc8c7)n6)cc5)cc4)c23)cc1. The summed E-state index contributed by atoms with van der Waals surface area (Å²) in [5.74, 6) is 1.92. The molecular formula is C55H35N5. The zero-order valence-corrected chi connectivity index (χ0v) is 32.4. The predicted molar refractivity (Wildman–Crippen MR) is 247 cm³/mol. The molecule has 280 valence electrons. The van der Waals surface area contributed by atoms with Crippen LogP contribution in [-0.4, -0.2) is 23.9 Å². The van der Waals surface area contributed by atoms with Crippen molar-refractivity contribution in [3.05, 3.63) is 212 Å². The minimum atomic E-state index is 0.635. The number of para-hydroxylation sites is 3. The summed E-state index contributed by atoms with van der Waals surface area (Å²) in [6.45, 7) is 0. The van der Waals surface area contributed by atoms with Crippen molar-refractivity contribution in [1.82, 2.24) is 23.9 Å². The van der Waals surface area contributed by atoms with Crippen LogP contribution in [0.25, 0.3) is 111 Å². The van der Waals surface area contributed by atoms with Crippen molar-refractivity contribution in [3.63, 3.8) is 0 Å². The Morgan fingerprint density at radius 1 is 0.300 bits per heavy atom. The predicted octanol–water partition coefficient (Wildman–Crippen LogP) is 13.9. The van der Waals surface area contributed by atoms with E-state index in [9.17, 15) is 0 Å². The second-order valence-corrected chi connectivity index (χ2v) is 15.3. The van der Waals surface area contributed by atoms with Gasteiger partial charge in [0.15, 0.2) is 17.5 Å². The Hall–Kier alpha value is -8.15. The van der Waals surface area contributed by atoms with Gasteiger partial charge >= 0.3 is 0 Å². The lowest BCUT2D eigenvalue weighted by atomic mass is 10.0. The first-order chi connectivity index (χ1) is 29.7. The number of hydrogen-bond acceptors (Lipinski definition) is 3. The fourth-order valence-corrected chi connectivity index (χ4v) is 8.82. The maximum absolute atomic E-state index is 5.08. The minimum Gasteiger partial charge on any atom is -0.293 e. The third-order valence-corrected chi connectivity index (χ3v) is 11.7. The van der Waals surface area contributed by atoms with Gasteiger partial charge in [0, 0.05) is 33.3 Å². The van der Waals surface area contributed by atoms with E-state index < -0.39 is 0 Å². The fraction of sp³-hybridized carbons (Fsp3) is 0. The van der Waals surface area contributed by atoms with Crippen LogP contribution in [-0.2, 0) is 0 Å². The molecule has 3 aromatic heterocycles. The van der Waals surface area contributed by atoms with Crippen molar-refractivity contribution in [2.24, 2.45) is 0 Å². The molecule has 0 saturated heterocycles. The Morgan fingerprint density at radius 3 is 1.37 bits per heavy atom. The van der Waals surface area contributed by atoms with Crippen LogP contribution in [0.3, 0.4) is 0 Å². The van der Waals surface area contributed by atoms with E-state index in [0.29, 0.717) is 17.5 Å². The van der Waals surface area contributed by atoms with E-state index in [4.69, 9.17) is 15.0 Å². The van der Waals surface area contributed by atoms with Gasteiger partial charge in [-0.15, -0.1) is 0 Å². The average molecular weight is 766 g/mol. The minimum absolute atomic E-state index is 0.635. The first-order valence-electron chi connectivity index (χ1n) is 20.3. The molecule has 0 fully saturated rings. The molecule has 12 aromatic rings. The highest BCUT2D eigenvalue weighted by Crippen LogP contribution is 2.41. The van der Waals surface area contributed by atoms with Crippen molar-refractivity contribution in [2.45, 2.75) is 0 Å². The number of rotatable bonds is 6. The molecule has 60 heavy (non-hydrogen) atoms. The van der Waals surface area contributed by atoms with E-state index in [2.05, 4.69) is 221 Å². The van der Waals surface area contributed by atoms with Gasteiger partial charge in [-0.1, -0.05) is 170 Å². The maximum atomic E-state index is 5.08. The zero-order chi connectivity index (χ0) is 39.6. The summed E-state index contributed by atoms with van der Waals surface area (Å²) >= 11 is 0. The van der Waals surface area contributed by atoms with Crippen LogP contribution in [0.15, 0.2) is 212 Å². The van der Waals surface area contributed by atoms with E-state index >= 15 is 0 Å².